The largest absolute Gasteiger partial charge is 0.459 e. The van der Waals surface area contributed by atoms with E-state index in [9.17, 15) is 19.2 Å². The van der Waals surface area contributed by atoms with E-state index in [1.807, 2.05) is 48.5 Å². The second kappa shape index (κ2) is 15.3. The molecule has 0 radical (unpaired) electrons. The van der Waals surface area contributed by atoms with Crippen molar-refractivity contribution in [1.82, 2.24) is 10.6 Å². The Morgan fingerprint density at radius 1 is 0.718 bits per heavy atom. The average molecular weight is 549 g/mol. The second-order valence-electron chi connectivity index (χ2n) is 9.05. The molecule has 0 saturated carbocycles. The summed E-state index contributed by atoms with van der Waals surface area (Å²) in [5.74, 6) is -1.58. The van der Waals surface area contributed by atoms with E-state index < -0.39 is 30.1 Å². The van der Waals surface area contributed by atoms with Gasteiger partial charge in [0, 0.05) is 11.3 Å². The van der Waals surface area contributed by atoms with Crippen LogP contribution < -0.4 is 10.6 Å². The summed E-state index contributed by atoms with van der Waals surface area (Å²) < 4.78 is 10.7. The zero-order valence-electron chi connectivity index (χ0n) is 21.9. The van der Waals surface area contributed by atoms with Crippen LogP contribution in [0.2, 0.25) is 0 Å². The summed E-state index contributed by atoms with van der Waals surface area (Å²) in [6.07, 6.45) is -0.820. The van der Waals surface area contributed by atoms with E-state index in [-0.39, 0.29) is 30.0 Å². The van der Waals surface area contributed by atoms with Crippen LogP contribution in [0.5, 0.6) is 0 Å². The number of amides is 2. The van der Waals surface area contributed by atoms with Gasteiger partial charge in [-0.05, 0) is 17.0 Å². The molecule has 3 aromatic rings. The van der Waals surface area contributed by atoms with Crippen molar-refractivity contribution in [2.75, 3.05) is 5.75 Å². The fourth-order valence-corrected chi connectivity index (χ4v) is 4.33. The molecule has 39 heavy (non-hydrogen) atoms. The molecule has 0 fully saturated rings. The second-order valence-corrected chi connectivity index (χ2v) is 10.0. The van der Waals surface area contributed by atoms with Gasteiger partial charge in [-0.3, -0.25) is 9.59 Å². The van der Waals surface area contributed by atoms with Gasteiger partial charge in [-0.2, -0.15) is 0 Å². The van der Waals surface area contributed by atoms with E-state index in [0.717, 1.165) is 22.9 Å². The lowest BCUT2D eigenvalue weighted by Crippen LogP contribution is -2.54. The van der Waals surface area contributed by atoms with Gasteiger partial charge in [0.15, 0.2) is 0 Å². The van der Waals surface area contributed by atoms with Crippen molar-refractivity contribution in [1.29, 1.82) is 0 Å². The molecule has 0 spiro atoms. The molecule has 0 aromatic heterocycles. The first-order chi connectivity index (χ1) is 18.8. The summed E-state index contributed by atoms with van der Waals surface area (Å²) in [6.45, 7) is 3.63. The first kappa shape index (κ1) is 29.4. The molecule has 0 aliphatic heterocycles. The molecule has 8 nitrogen and oxygen atoms in total. The van der Waals surface area contributed by atoms with E-state index in [2.05, 4.69) is 10.6 Å². The highest BCUT2D eigenvalue weighted by Crippen LogP contribution is 2.15. The Balaban J connectivity index is 1.65. The van der Waals surface area contributed by atoms with Crippen LogP contribution in [0.3, 0.4) is 0 Å². The molecule has 3 aromatic carbocycles. The van der Waals surface area contributed by atoms with Gasteiger partial charge in [0.2, 0.25) is 11.0 Å². The Morgan fingerprint density at radius 2 is 1.23 bits per heavy atom. The van der Waals surface area contributed by atoms with Gasteiger partial charge in [-0.15, -0.1) is 0 Å². The van der Waals surface area contributed by atoms with Crippen LogP contribution in [0, 0.1) is 5.92 Å². The minimum absolute atomic E-state index is 0.0114. The summed E-state index contributed by atoms with van der Waals surface area (Å²) in [5.41, 5.74) is 2.07. The van der Waals surface area contributed by atoms with Crippen molar-refractivity contribution in [3.8, 4) is 0 Å². The summed E-state index contributed by atoms with van der Waals surface area (Å²) in [4.78, 5) is 51.3. The fourth-order valence-electron chi connectivity index (χ4n) is 3.48. The molecule has 0 aliphatic rings. The molecule has 0 heterocycles. The predicted molar refractivity (Wildman–Crippen MR) is 150 cm³/mol. The predicted octanol–water partition coefficient (Wildman–Crippen LogP) is 4.74. The van der Waals surface area contributed by atoms with Crippen LogP contribution in [-0.2, 0) is 32.3 Å². The van der Waals surface area contributed by atoms with E-state index in [4.69, 9.17) is 9.47 Å². The Hall–Kier alpha value is -4.11. The van der Waals surface area contributed by atoms with Gasteiger partial charge >= 0.3 is 12.1 Å². The maximum absolute atomic E-state index is 13.3. The van der Waals surface area contributed by atoms with Crippen LogP contribution in [0.1, 0.15) is 35.3 Å². The van der Waals surface area contributed by atoms with Crippen molar-refractivity contribution in [3.63, 3.8) is 0 Å². The lowest BCUT2D eigenvalue weighted by Gasteiger charge is -2.24. The monoisotopic (exact) mass is 548 g/mol. The Bertz CT molecular complexity index is 1220. The zero-order valence-corrected chi connectivity index (χ0v) is 22.7. The maximum atomic E-state index is 13.3. The van der Waals surface area contributed by atoms with Crippen molar-refractivity contribution in [2.45, 2.75) is 39.1 Å². The Labute approximate surface area is 232 Å². The van der Waals surface area contributed by atoms with E-state index in [1.165, 1.54) is 0 Å². The van der Waals surface area contributed by atoms with E-state index >= 15 is 0 Å². The Morgan fingerprint density at radius 3 is 1.77 bits per heavy atom. The van der Waals surface area contributed by atoms with Gasteiger partial charge in [0.1, 0.15) is 25.3 Å². The van der Waals surface area contributed by atoms with Gasteiger partial charge in [-0.1, -0.05) is 117 Å². The number of hydrogen-bond acceptors (Lipinski definition) is 7. The maximum Gasteiger partial charge on any atom is 0.408 e. The van der Waals surface area contributed by atoms with Crippen molar-refractivity contribution in [3.05, 3.63) is 108 Å². The lowest BCUT2D eigenvalue weighted by molar-refractivity contribution is -0.150. The number of benzene rings is 3. The van der Waals surface area contributed by atoms with Crippen LogP contribution in [0.25, 0.3) is 0 Å². The molecule has 3 rings (SSSR count). The SMILES string of the molecule is CC(C)C(NC(=O)C(CSC(=O)c1ccccc1)NC(=O)OCc1ccccc1)C(=O)OCc1ccccc1. The fraction of sp³-hybridized carbons (Fsp3) is 0.267. The van der Waals surface area contributed by atoms with Crippen LogP contribution >= 0.6 is 11.8 Å². The van der Waals surface area contributed by atoms with E-state index in [0.29, 0.717) is 5.56 Å². The Kier molecular flexibility index (Phi) is 11.6. The normalized spacial score (nSPS) is 12.2. The molecule has 0 bridgehead atoms. The first-order valence-electron chi connectivity index (χ1n) is 12.5. The van der Waals surface area contributed by atoms with Gasteiger partial charge in [-0.25, -0.2) is 9.59 Å². The number of hydrogen-bond donors (Lipinski definition) is 2. The van der Waals surface area contributed by atoms with Crippen LogP contribution in [0.4, 0.5) is 4.79 Å². The average Bonchev–Trinajstić information content (AvgIpc) is 2.96. The quantitative estimate of drug-likeness (QED) is 0.315. The molecule has 2 N–H and O–H groups in total. The van der Waals surface area contributed by atoms with Crippen molar-refractivity contribution in [2.24, 2.45) is 5.92 Å². The third kappa shape index (κ3) is 9.94. The zero-order chi connectivity index (χ0) is 28.0. The third-order valence-electron chi connectivity index (χ3n) is 5.65. The van der Waals surface area contributed by atoms with Gasteiger partial charge < -0.3 is 20.1 Å². The molecule has 2 unspecified atom stereocenters. The number of thioether (sulfide) groups is 1. The van der Waals surface area contributed by atoms with Crippen LogP contribution in [-0.4, -0.2) is 40.9 Å². The molecule has 2 atom stereocenters. The number of carbonyl (C=O) groups excluding carboxylic acids is 4. The molecule has 9 heteroatoms. The number of ether oxygens (including phenoxy) is 2. The molecule has 204 valence electrons. The molecular weight excluding hydrogens is 516 g/mol. The molecular formula is C30H32N2O6S. The highest BCUT2D eigenvalue weighted by atomic mass is 32.2. The van der Waals surface area contributed by atoms with Crippen molar-refractivity contribution < 1.29 is 28.7 Å². The van der Waals surface area contributed by atoms with Crippen molar-refractivity contribution >= 4 is 34.8 Å². The number of esters is 1. The number of carbonyl (C=O) groups is 4. The number of nitrogens with one attached hydrogen (secondary N) is 2. The third-order valence-corrected chi connectivity index (χ3v) is 6.65. The molecule has 2 amide bonds. The highest BCUT2D eigenvalue weighted by Gasteiger charge is 2.30. The van der Waals surface area contributed by atoms with Gasteiger partial charge in [0.05, 0.1) is 0 Å². The highest BCUT2D eigenvalue weighted by molar-refractivity contribution is 8.14. The number of rotatable bonds is 12. The summed E-state index contributed by atoms with van der Waals surface area (Å²) in [5, 5.41) is 4.97. The summed E-state index contributed by atoms with van der Waals surface area (Å²) >= 11 is 0.888. The topological polar surface area (TPSA) is 111 Å². The minimum Gasteiger partial charge on any atom is -0.459 e. The van der Waals surface area contributed by atoms with Gasteiger partial charge in [0.25, 0.3) is 0 Å². The molecule has 0 aliphatic carbocycles. The minimum atomic E-state index is -1.14. The summed E-state index contributed by atoms with van der Waals surface area (Å²) in [7, 11) is 0. The standard InChI is InChI=1S/C30H32N2O6S/c1-21(2)26(28(34)37-18-22-12-6-3-7-13-22)32-27(33)25(20-39-29(35)24-16-10-5-11-17-24)31-30(36)38-19-23-14-8-4-9-15-23/h3-17,21,25-26H,18-20H2,1-2H3,(H,31,36)(H,32,33). The lowest BCUT2D eigenvalue weighted by atomic mass is 10.0. The van der Waals surface area contributed by atoms with E-state index in [1.54, 1.807) is 56.3 Å². The first-order valence-corrected chi connectivity index (χ1v) is 13.5. The smallest absolute Gasteiger partial charge is 0.408 e. The van der Waals surface area contributed by atoms with Crippen LogP contribution in [0.15, 0.2) is 91.0 Å². The summed E-state index contributed by atoms with van der Waals surface area (Å²) in [6, 6.07) is 24.8. The molecule has 0 saturated heterocycles. The number of alkyl carbamates (subject to hydrolysis) is 1.